The molecule has 0 fully saturated rings. The van der Waals surface area contributed by atoms with E-state index in [1.807, 2.05) is 0 Å². The van der Waals surface area contributed by atoms with Gasteiger partial charge >= 0.3 is 21.1 Å². The number of benzene rings is 2. The molecule has 144 valence electrons. The van der Waals surface area contributed by atoms with E-state index in [0.29, 0.717) is 31.2 Å². The molecule has 4 nitrogen and oxygen atoms in total. The number of halogens is 6. The second-order valence-electron chi connectivity index (χ2n) is 4.18. The van der Waals surface area contributed by atoms with Gasteiger partial charge in [0.1, 0.15) is 11.5 Å². The molecule has 6 N–H and O–H groups in total. The van der Waals surface area contributed by atoms with E-state index >= 15 is 0 Å². The third-order valence-electron chi connectivity index (χ3n) is 2.66. The molecule has 0 aliphatic rings. The van der Waals surface area contributed by atoms with Crippen molar-refractivity contribution in [2.75, 3.05) is 0 Å². The minimum Gasteiger partial charge on any atom is -1.00 e. The molecule has 2 aromatic carbocycles. The molecule has 0 bridgehead atoms. The van der Waals surface area contributed by atoms with Gasteiger partial charge in [-0.25, -0.2) is 0 Å². The summed E-state index contributed by atoms with van der Waals surface area (Å²) in [4.78, 5) is 0. The van der Waals surface area contributed by atoms with Crippen molar-refractivity contribution in [2.24, 2.45) is 11.5 Å². The van der Waals surface area contributed by atoms with Crippen LogP contribution in [0.15, 0.2) is 24.3 Å². The SMILES string of the molecule is NCc1c(Cl)cc(O)cc1Cl.NCc1c(Cl)cc(O)cc1Cl.[Cl-].[Cl-].[Pt+2]. The van der Waals surface area contributed by atoms with Gasteiger partial charge in [0.2, 0.25) is 0 Å². The van der Waals surface area contributed by atoms with Crippen LogP contribution in [-0.2, 0) is 34.2 Å². The van der Waals surface area contributed by atoms with E-state index in [1.165, 1.54) is 24.3 Å². The normalized spacial score (nSPS) is 8.88. The van der Waals surface area contributed by atoms with Gasteiger partial charge < -0.3 is 46.5 Å². The zero-order valence-corrected chi connectivity index (χ0v) is 19.2. The summed E-state index contributed by atoms with van der Waals surface area (Å²) < 4.78 is 0. The second kappa shape index (κ2) is 14.4. The molecular formula is C14H14Cl6N2O2Pt. The molecule has 0 saturated heterocycles. The Morgan fingerprint density at radius 1 is 0.640 bits per heavy atom. The van der Waals surface area contributed by atoms with Crippen LogP contribution in [0.3, 0.4) is 0 Å². The largest absolute Gasteiger partial charge is 2.00 e. The summed E-state index contributed by atoms with van der Waals surface area (Å²) in [6, 6.07) is 5.65. The van der Waals surface area contributed by atoms with E-state index in [2.05, 4.69) is 0 Å². The zero-order chi connectivity index (χ0) is 16.9. The van der Waals surface area contributed by atoms with E-state index in [0.717, 1.165) is 0 Å². The number of hydrogen-bond acceptors (Lipinski definition) is 4. The predicted molar refractivity (Wildman–Crippen MR) is 92.0 cm³/mol. The van der Waals surface area contributed by atoms with Crippen LogP contribution in [0.2, 0.25) is 20.1 Å². The van der Waals surface area contributed by atoms with Crippen molar-refractivity contribution >= 4 is 46.4 Å². The summed E-state index contributed by atoms with van der Waals surface area (Å²) in [5.41, 5.74) is 12.0. The first kappa shape index (κ1) is 30.1. The van der Waals surface area contributed by atoms with Crippen LogP contribution in [0.4, 0.5) is 0 Å². The molecule has 0 saturated carbocycles. The van der Waals surface area contributed by atoms with Gasteiger partial charge in [0.05, 0.1) is 20.1 Å². The summed E-state index contributed by atoms with van der Waals surface area (Å²) in [5, 5.41) is 19.6. The predicted octanol–water partition coefficient (Wildman–Crippen LogP) is -1.68. The van der Waals surface area contributed by atoms with Gasteiger partial charge in [-0.2, -0.15) is 0 Å². The fraction of sp³-hybridized carbons (Fsp3) is 0.143. The number of phenolic OH excluding ortho intramolecular Hbond substituents is 2. The summed E-state index contributed by atoms with van der Waals surface area (Å²) in [7, 11) is 0. The van der Waals surface area contributed by atoms with Crippen molar-refractivity contribution in [1.82, 2.24) is 0 Å². The average molecular weight is 650 g/mol. The molecule has 0 unspecified atom stereocenters. The third kappa shape index (κ3) is 9.23. The third-order valence-corrected chi connectivity index (χ3v) is 4.01. The molecule has 0 aliphatic carbocycles. The van der Waals surface area contributed by atoms with Gasteiger partial charge in [-0.15, -0.1) is 0 Å². The standard InChI is InChI=1S/2C7H7Cl2NO.2ClH.Pt/c2*8-6-1-4(11)2-7(9)5(6)3-10;;;/h2*1-2,11H,3,10H2;2*1H;/q;;;;+2/p-2. The van der Waals surface area contributed by atoms with Gasteiger partial charge in [0.25, 0.3) is 0 Å². The van der Waals surface area contributed by atoms with Gasteiger partial charge in [-0.05, 0) is 24.3 Å². The smallest absolute Gasteiger partial charge is 1.00 e. The van der Waals surface area contributed by atoms with Crippen molar-refractivity contribution in [3.05, 3.63) is 55.5 Å². The topological polar surface area (TPSA) is 92.5 Å². The van der Waals surface area contributed by atoms with E-state index in [4.69, 9.17) is 68.1 Å². The van der Waals surface area contributed by atoms with E-state index in [9.17, 15) is 0 Å². The quantitative estimate of drug-likeness (QED) is 0.313. The van der Waals surface area contributed by atoms with Crippen molar-refractivity contribution in [1.29, 1.82) is 0 Å². The minimum atomic E-state index is 0. The number of hydrogen-bond donors (Lipinski definition) is 4. The van der Waals surface area contributed by atoms with Crippen molar-refractivity contribution in [2.45, 2.75) is 13.1 Å². The van der Waals surface area contributed by atoms with Crippen molar-refractivity contribution < 1.29 is 56.1 Å². The average Bonchev–Trinajstić information content (AvgIpc) is 2.38. The minimum absolute atomic E-state index is 0. The Balaban J connectivity index is -0.000000346. The van der Waals surface area contributed by atoms with Crippen LogP contribution in [0.25, 0.3) is 0 Å². The maximum atomic E-state index is 9.00. The fourth-order valence-corrected chi connectivity index (χ4v) is 2.83. The van der Waals surface area contributed by atoms with Crippen LogP contribution in [0.5, 0.6) is 11.5 Å². The van der Waals surface area contributed by atoms with Crippen LogP contribution < -0.4 is 36.3 Å². The Morgan fingerprint density at radius 2 is 0.840 bits per heavy atom. The molecule has 11 heteroatoms. The van der Waals surface area contributed by atoms with E-state index in [1.54, 1.807) is 0 Å². The summed E-state index contributed by atoms with van der Waals surface area (Å²) >= 11 is 22.8. The Morgan fingerprint density at radius 3 is 1.00 bits per heavy atom. The van der Waals surface area contributed by atoms with Crippen LogP contribution in [0.1, 0.15) is 11.1 Å². The molecule has 0 radical (unpaired) electrons. The molecule has 0 heterocycles. The number of aromatic hydroxyl groups is 2. The maximum absolute atomic E-state index is 9.00. The zero-order valence-electron chi connectivity index (χ0n) is 12.4. The monoisotopic (exact) mass is 647 g/mol. The van der Waals surface area contributed by atoms with Crippen molar-refractivity contribution in [3.8, 4) is 11.5 Å². The number of nitrogens with two attached hydrogens (primary N) is 2. The molecular weight excluding hydrogens is 636 g/mol. The Labute approximate surface area is 192 Å². The summed E-state index contributed by atoms with van der Waals surface area (Å²) in [6.45, 7) is 0.551. The summed E-state index contributed by atoms with van der Waals surface area (Å²) in [5.74, 6) is 0.106. The number of rotatable bonds is 2. The maximum Gasteiger partial charge on any atom is 2.00 e. The Kier molecular flexibility index (Phi) is 17.4. The van der Waals surface area contributed by atoms with E-state index < -0.39 is 0 Å². The van der Waals surface area contributed by atoms with E-state index in [-0.39, 0.29) is 70.5 Å². The molecule has 0 spiro atoms. The molecule has 25 heavy (non-hydrogen) atoms. The Bertz CT molecular complexity index is 572. The number of phenols is 2. The molecule has 0 amide bonds. The second-order valence-corrected chi connectivity index (χ2v) is 5.81. The van der Waals surface area contributed by atoms with Crippen LogP contribution >= 0.6 is 46.4 Å². The molecule has 0 aromatic heterocycles. The molecule has 0 aliphatic heterocycles. The van der Waals surface area contributed by atoms with Gasteiger partial charge in [-0.1, -0.05) is 46.4 Å². The first-order valence-electron chi connectivity index (χ1n) is 6.04. The van der Waals surface area contributed by atoms with Gasteiger partial charge in [0.15, 0.2) is 0 Å². The van der Waals surface area contributed by atoms with Crippen LogP contribution in [-0.4, -0.2) is 10.2 Å². The van der Waals surface area contributed by atoms with Crippen LogP contribution in [0, 0.1) is 0 Å². The first-order valence-corrected chi connectivity index (χ1v) is 7.55. The van der Waals surface area contributed by atoms with Crippen molar-refractivity contribution in [3.63, 3.8) is 0 Å². The summed E-state index contributed by atoms with van der Waals surface area (Å²) in [6.07, 6.45) is 0. The van der Waals surface area contributed by atoms with Gasteiger partial charge in [-0.3, -0.25) is 0 Å². The molecule has 2 rings (SSSR count). The molecule has 2 aromatic rings. The Hall–Kier alpha value is 0.388. The first-order chi connectivity index (χ1) is 10.3. The fourth-order valence-electron chi connectivity index (χ4n) is 1.57. The van der Waals surface area contributed by atoms with Gasteiger partial charge in [0, 0.05) is 24.2 Å². The molecule has 0 atom stereocenters.